The van der Waals surface area contributed by atoms with Gasteiger partial charge in [-0.25, -0.2) is 0 Å². The summed E-state index contributed by atoms with van der Waals surface area (Å²) >= 11 is 0. The van der Waals surface area contributed by atoms with Gasteiger partial charge >= 0.3 is 0 Å². The molecule has 0 aliphatic carbocycles. The van der Waals surface area contributed by atoms with E-state index in [2.05, 4.69) is 40.7 Å². The van der Waals surface area contributed by atoms with E-state index in [1.807, 2.05) is 23.7 Å². The van der Waals surface area contributed by atoms with Crippen molar-refractivity contribution in [3.63, 3.8) is 0 Å². The molecule has 1 aromatic carbocycles. The molecule has 0 saturated carbocycles. The lowest BCUT2D eigenvalue weighted by molar-refractivity contribution is 0.0850. The van der Waals surface area contributed by atoms with Gasteiger partial charge < -0.3 is 14.6 Å². The van der Waals surface area contributed by atoms with Crippen LogP contribution < -0.4 is 5.32 Å². The fraction of sp³-hybridized carbons (Fsp3) is 0.476. The fourth-order valence-electron chi connectivity index (χ4n) is 3.97. The first kappa shape index (κ1) is 18.8. The molecule has 28 heavy (non-hydrogen) atoms. The van der Waals surface area contributed by atoms with E-state index >= 15 is 0 Å². The molecule has 2 aromatic heterocycles. The summed E-state index contributed by atoms with van der Waals surface area (Å²) in [5, 5.41) is 12.2. The zero-order valence-corrected chi connectivity index (χ0v) is 16.7. The van der Waals surface area contributed by atoms with E-state index in [0.717, 1.165) is 55.0 Å². The standard InChI is InChI=1S/C21H27N5O2/c1-15-11-16(2)26(24-15)13-17-5-4-6-18(12-17)19-23-20(28-25-19)21(14-27-3)7-9-22-10-8-21/h4-6,11-12,22H,7-10,13-14H2,1-3H3. The van der Waals surface area contributed by atoms with Crippen LogP contribution in [0.4, 0.5) is 0 Å². The third kappa shape index (κ3) is 3.72. The minimum atomic E-state index is -0.202. The Morgan fingerprint density at radius 1 is 1.21 bits per heavy atom. The Morgan fingerprint density at radius 2 is 2.04 bits per heavy atom. The largest absolute Gasteiger partial charge is 0.384 e. The van der Waals surface area contributed by atoms with Crippen molar-refractivity contribution in [3.8, 4) is 11.4 Å². The third-order valence-corrected chi connectivity index (χ3v) is 5.48. The average Bonchev–Trinajstić information content (AvgIpc) is 3.30. The molecular weight excluding hydrogens is 354 g/mol. The van der Waals surface area contributed by atoms with Gasteiger partial charge in [0.25, 0.3) is 0 Å². The van der Waals surface area contributed by atoms with Gasteiger partial charge in [0.15, 0.2) is 0 Å². The van der Waals surface area contributed by atoms with E-state index in [9.17, 15) is 0 Å². The van der Waals surface area contributed by atoms with Gasteiger partial charge in [0.05, 0.1) is 24.3 Å². The predicted octanol–water partition coefficient (Wildman–Crippen LogP) is 2.87. The van der Waals surface area contributed by atoms with Crippen LogP contribution in [0.3, 0.4) is 0 Å². The molecule has 1 aliphatic heterocycles. The minimum Gasteiger partial charge on any atom is -0.384 e. The highest BCUT2D eigenvalue weighted by atomic mass is 16.5. The maximum Gasteiger partial charge on any atom is 0.235 e. The number of piperidine rings is 1. The molecular formula is C21H27N5O2. The van der Waals surface area contributed by atoms with Crippen molar-refractivity contribution in [1.29, 1.82) is 0 Å². The average molecular weight is 381 g/mol. The predicted molar refractivity (Wildman–Crippen MR) is 106 cm³/mol. The highest BCUT2D eigenvalue weighted by Crippen LogP contribution is 2.34. The lowest BCUT2D eigenvalue weighted by Crippen LogP contribution is -2.43. The zero-order chi connectivity index (χ0) is 19.6. The van der Waals surface area contributed by atoms with Gasteiger partial charge in [-0.15, -0.1) is 0 Å². The second kappa shape index (κ2) is 7.85. The Labute approximate surface area is 165 Å². The van der Waals surface area contributed by atoms with Crippen LogP contribution in [-0.4, -0.2) is 46.7 Å². The molecule has 7 heteroatoms. The van der Waals surface area contributed by atoms with Crippen molar-refractivity contribution in [1.82, 2.24) is 25.2 Å². The Bertz CT molecular complexity index is 934. The summed E-state index contributed by atoms with van der Waals surface area (Å²) in [5.74, 6) is 1.30. The number of hydrogen-bond donors (Lipinski definition) is 1. The van der Waals surface area contributed by atoms with Crippen molar-refractivity contribution in [2.24, 2.45) is 0 Å². The van der Waals surface area contributed by atoms with Gasteiger partial charge in [-0.1, -0.05) is 23.4 Å². The van der Waals surface area contributed by atoms with Crippen LogP contribution >= 0.6 is 0 Å². The van der Waals surface area contributed by atoms with Crippen LogP contribution in [-0.2, 0) is 16.7 Å². The van der Waals surface area contributed by atoms with Crippen molar-refractivity contribution < 1.29 is 9.26 Å². The topological polar surface area (TPSA) is 78.0 Å². The van der Waals surface area contributed by atoms with Crippen molar-refractivity contribution >= 4 is 0 Å². The molecule has 1 N–H and O–H groups in total. The van der Waals surface area contributed by atoms with Gasteiger partial charge in [0.2, 0.25) is 11.7 Å². The maximum absolute atomic E-state index is 5.71. The third-order valence-electron chi connectivity index (χ3n) is 5.48. The molecule has 0 radical (unpaired) electrons. The van der Waals surface area contributed by atoms with Gasteiger partial charge in [-0.3, -0.25) is 4.68 Å². The number of hydrogen-bond acceptors (Lipinski definition) is 6. The van der Waals surface area contributed by atoms with Crippen LogP contribution in [0.25, 0.3) is 11.4 Å². The number of nitrogens with one attached hydrogen (secondary N) is 1. The van der Waals surface area contributed by atoms with E-state index in [0.29, 0.717) is 18.3 Å². The second-order valence-electron chi connectivity index (χ2n) is 7.67. The van der Waals surface area contributed by atoms with E-state index in [1.165, 1.54) is 0 Å². The first-order valence-electron chi connectivity index (χ1n) is 9.74. The molecule has 0 amide bonds. The molecule has 3 aromatic rings. The smallest absolute Gasteiger partial charge is 0.235 e. The molecule has 7 nitrogen and oxygen atoms in total. The molecule has 0 spiro atoms. The minimum absolute atomic E-state index is 0.202. The number of benzene rings is 1. The van der Waals surface area contributed by atoms with Crippen molar-refractivity contribution in [3.05, 3.63) is 53.2 Å². The van der Waals surface area contributed by atoms with Crippen molar-refractivity contribution in [2.45, 2.75) is 38.6 Å². The summed E-state index contributed by atoms with van der Waals surface area (Å²) in [6, 6.07) is 10.3. The highest BCUT2D eigenvalue weighted by molar-refractivity contribution is 5.55. The molecule has 1 aliphatic rings. The molecule has 3 heterocycles. The summed E-state index contributed by atoms with van der Waals surface area (Å²) in [4.78, 5) is 4.76. The highest BCUT2D eigenvalue weighted by Gasteiger charge is 2.39. The zero-order valence-electron chi connectivity index (χ0n) is 16.7. The summed E-state index contributed by atoms with van der Waals surface area (Å²) < 4.78 is 13.2. The van der Waals surface area contributed by atoms with E-state index < -0.39 is 0 Å². The van der Waals surface area contributed by atoms with E-state index in [1.54, 1.807) is 7.11 Å². The van der Waals surface area contributed by atoms with Gasteiger partial charge in [0, 0.05) is 18.4 Å². The number of aromatic nitrogens is 4. The van der Waals surface area contributed by atoms with Crippen LogP contribution in [0.15, 0.2) is 34.9 Å². The van der Waals surface area contributed by atoms with Gasteiger partial charge in [-0.2, -0.15) is 10.1 Å². The molecule has 0 bridgehead atoms. The SMILES string of the molecule is COCC1(c2nc(-c3cccc(Cn4nc(C)cc4C)c3)no2)CCNCC1. The second-order valence-corrected chi connectivity index (χ2v) is 7.67. The number of methoxy groups -OCH3 is 1. The quantitative estimate of drug-likeness (QED) is 0.707. The van der Waals surface area contributed by atoms with Gasteiger partial charge in [-0.05, 0) is 57.5 Å². The van der Waals surface area contributed by atoms with Crippen LogP contribution in [0.2, 0.25) is 0 Å². The molecule has 4 rings (SSSR count). The Hall–Kier alpha value is -2.51. The van der Waals surface area contributed by atoms with Crippen LogP contribution in [0.1, 0.15) is 35.7 Å². The maximum atomic E-state index is 5.71. The molecule has 0 atom stereocenters. The monoisotopic (exact) mass is 381 g/mol. The first-order valence-corrected chi connectivity index (χ1v) is 9.74. The molecule has 0 unspecified atom stereocenters. The number of rotatable bonds is 6. The molecule has 1 saturated heterocycles. The normalized spacial score (nSPS) is 16.4. The summed E-state index contributed by atoms with van der Waals surface area (Å²) in [6.45, 7) is 7.26. The van der Waals surface area contributed by atoms with Gasteiger partial charge in [0.1, 0.15) is 0 Å². The fourth-order valence-corrected chi connectivity index (χ4v) is 3.97. The Balaban J connectivity index is 1.59. The molecule has 148 valence electrons. The Kier molecular flexibility index (Phi) is 5.28. The van der Waals surface area contributed by atoms with Crippen LogP contribution in [0.5, 0.6) is 0 Å². The lowest BCUT2D eigenvalue weighted by Gasteiger charge is -2.33. The molecule has 1 fully saturated rings. The summed E-state index contributed by atoms with van der Waals surface area (Å²) in [7, 11) is 1.73. The first-order chi connectivity index (χ1) is 13.6. The lowest BCUT2D eigenvalue weighted by atomic mass is 9.79. The van der Waals surface area contributed by atoms with E-state index in [-0.39, 0.29) is 5.41 Å². The number of nitrogens with zero attached hydrogens (tertiary/aromatic N) is 4. The number of aryl methyl sites for hydroxylation is 2. The van der Waals surface area contributed by atoms with Crippen LogP contribution in [0, 0.1) is 13.8 Å². The summed E-state index contributed by atoms with van der Waals surface area (Å²) in [6.07, 6.45) is 1.86. The summed E-state index contributed by atoms with van der Waals surface area (Å²) in [5.41, 5.74) is 4.09. The van der Waals surface area contributed by atoms with Crippen molar-refractivity contribution in [2.75, 3.05) is 26.8 Å². The Morgan fingerprint density at radius 3 is 2.75 bits per heavy atom. The van der Waals surface area contributed by atoms with E-state index in [4.69, 9.17) is 14.2 Å². The number of ether oxygens (including phenoxy) is 1.